The molecule has 6 heteroatoms. The molecular formula is C16H16N4O2. The zero-order valence-electron chi connectivity index (χ0n) is 12.1. The van der Waals surface area contributed by atoms with Crippen LogP contribution in [0, 0.1) is 0 Å². The summed E-state index contributed by atoms with van der Waals surface area (Å²) in [7, 11) is 0. The average Bonchev–Trinajstić information content (AvgIpc) is 2.97. The fraction of sp³-hybridized carbons (Fsp3) is 0.188. The van der Waals surface area contributed by atoms with Crippen molar-refractivity contribution in [3.63, 3.8) is 0 Å². The number of carbonyl (C=O) groups is 1. The van der Waals surface area contributed by atoms with Crippen molar-refractivity contribution in [3.05, 3.63) is 60.3 Å². The first-order valence-corrected chi connectivity index (χ1v) is 7.01. The Morgan fingerprint density at radius 2 is 1.95 bits per heavy atom. The van der Waals surface area contributed by atoms with Crippen LogP contribution in [0.15, 0.2) is 54.7 Å². The number of benzene rings is 1. The molecule has 0 saturated carbocycles. The van der Waals surface area contributed by atoms with Crippen LogP contribution in [-0.4, -0.2) is 27.1 Å². The smallest absolute Gasteiger partial charge is 0.322 e. The maximum atomic E-state index is 12.0. The number of carbonyl (C=O) groups excluding carboxylic acids is 1. The van der Waals surface area contributed by atoms with E-state index in [1.807, 2.05) is 55.5 Å². The first-order valence-electron chi connectivity index (χ1n) is 7.01. The second-order valence-electron chi connectivity index (χ2n) is 4.90. The van der Waals surface area contributed by atoms with Gasteiger partial charge in [-0.05, 0) is 24.6 Å². The van der Waals surface area contributed by atoms with Crippen LogP contribution in [0.5, 0.6) is 6.01 Å². The molecule has 0 saturated heterocycles. The molecule has 0 aliphatic carbocycles. The zero-order valence-corrected chi connectivity index (χ0v) is 12.1. The van der Waals surface area contributed by atoms with Crippen LogP contribution in [-0.2, 0) is 4.79 Å². The lowest BCUT2D eigenvalue weighted by atomic mass is 10.1. The predicted octanol–water partition coefficient (Wildman–Crippen LogP) is 1.99. The van der Waals surface area contributed by atoms with Gasteiger partial charge in [0, 0.05) is 6.20 Å². The normalized spacial score (nSPS) is 12.0. The third-order valence-electron chi connectivity index (χ3n) is 3.29. The van der Waals surface area contributed by atoms with E-state index in [2.05, 4.69) is 15.5 Å². The molecule has 1 N–H and O–H groups in total. The fourth-order valence-corrected chi connectivity index (χ4v) is 2.16. The largest absolute Gasteiger partial charge is 0.453 e. The lowest BCUT2D eigenvalue weighted by molar-refractivity contribution is -0.123. The van der Waals surface area contributed by atoms with Crippen molar-refractivity contribution < 1.29 is 9.53 Å². The Morgan fingerprint density at radius 1 is 1.18 bits per heavy atom. The molecule has 22 heavy (non-hydrogen) atoms. The Labute approximate surface area is 127 Å². The molecule has 2 aromatic heterocycles. The number of hydrogen-bond acceptors (Lipinski definition) is 4. The quantitative estimate of drug-likeness (QED) is 0.781. The highest BCUT2D eigenvalue weighted by atomic mass is 16.5. The first kappa shape index (κ1) is 14.1. The van der Waals surface area contributed by atoms with Gasteiger partial charge in [-0.25, -0.2) is 0 Å². The number of fused-ring (bicyclic) bond motifs is 1. The van der Waals surface area contributed by atoms with Gasteiger partial charge in [0.05, 0.1) is 6.04 Å². The van der Waals surface area contributed by atoms with E-state index in [0.717, 1.165) is 5.56 Å². The summed E-state index contributed by atoms with van der Waals surface area (Å²) in [5.41, 5.74) is 1.72. The van der Waals surface area contributed by atoms with Crippen molar-refractivity contribution in [2.45, 2.75) is 13.0 Å². The molecular weight excluding hydrogens is 280 g/mol. The molecule has 0 fully saturated rings. The molecule has 112 valence electrons. The molecule has 0 unspecified atom stereocenters. The predicted molar refractivity (Wildman–Crippen MR) is 81.5 cm³/mol. The van der Waals surface area contributed by atoms with Gasteiger partial charge in [0.1, 0.15) is 0 Å². The number of nitrogens with one attached hydrogen (secondary N) is 1. The molecule has 0 bridgehead atoms. The highest BCUT2D eigenvalue weighted by molar-refractivity contribution is 5.77. The minimum atomic E-state index is -0.205. The minimum Gasteiger partial charge on any atom is -0.453 e. The van der Waals surface area contributed by atoms with Crippen molar-refractivity contribution in [3.8, 4) is 6.01 Å². The average molecular weight is 296 g/mol. The van der Waals surface area contributed by atoms with E-state index in [1.165, 1.54) is 0 Å². The molecule has 3 rings (SSSR count). The number of pyridine rings is 1. The second kappa shape index (κ2) is 6.26. The highest BCUT2D eigenvalue weighted by Crippen LogP contribution is 2.12. The standard InChI is InChI=1S/C16H16N4O2/c1-12(13-7-3-2-4-8-13)17-15(21)11-22-16-19-18-14-9-5-6-10-20(14)16/h2-10,12H,11H2,1H3,(H,17,21)/t12-/m1/s1. The molecule has 0 spiro atoms. The van der Waals surface area contributed by atoms with Crippen LogP contribution in [0.2, 0.25) is 0 Å². The lowest BCUT2D eigenvalue weighted by Gasteiger charge is -2.14. The molecule has 2 heterocycles. The van der Waals surface area contributed by atoms with E-state index < -0.39 is 0 Å². The van der Waals surface area contributed by atoms with Crippen LogP contribution in [0.3, 0.4) is 0 Å². The number of nitrogens with zero attached hydrogens (tertiary/aromatic N) is 3. The number of ether oxygens (including phenoxy) is 1. The summed E-state index contributed by atoms with van der Waals surface area (Å²) in [5, 5.41) is 10.8. The SMILES string of the molecule is C[C@@H](NC(=O)COc1nnc2ccccn12)c1ccccc1. The van der Waals surface area contributed by atoms with Crippen LogP contribution >= 0.6 is 0 Å². The van der Waals surface area contributed by atoms with Crippen LogP contribution in [0.1, 0.15) is 18.5 Å². The van der Waals surface area contributed by atoms with Gasteiger partial charge in [-0.3, -0.25) is 9.20 Å². The third kappa shape index (κ3) is 3.06. The van der Waals surface area contributed by atoms with Gasteiger partial charge in [0.25, 0.3) is 5.91 Å². The zero-order chi connectivity index (χ0) is 15.4. The van der Waals surface area contributed by atoms with Crippen LogP contribution in [0.25, 0.3) is 5.65 Å². The van der Waals surface area contributed by atoms with E-state index in [1.54, 1.807) is 10.6 Å². The van der Waals surface area contributed by atoms with Gasteiger partial charge < -0.3 is 10.1 Å². The minimum absolute atomic E-state index is 0.0764. The van der Waals surface area contributed by atoms with Crippen molar-refractivity contribution in [1.29, 1.82) is 0 Å². The molecule has 3 aromatic rings. The molecule has 0 aliphatic rings. The number of amides is 1. The maximum absolute atomic E-state index is 12.0. The van der Waals surface area contributed by atoms with Crippen molar-refractivity contribution in [2.75, 3.05) is 6.61 Å². The topological polar surface area (TPSA) is 68.5 Å². The van der Waals surface area contributed by atoms with Crippen LogP contribution < -0.4 is 10.1 Å². The molecule has 1 amide bonds. The summed E-state index contributed by atoms with van der Waals surface area (Å²) in [6.45, 7) is 1.83. The summed E-state index contributed by atoms with van der Waals surface area (Å²) in [4.78, 5) is 12.0. The van der Waals surface area contributed by atoms with E-state index in [0.29, 0.717) is 11.7 Å². The Balaban J connectivity index is 1.58. The number of aromatic nitrogens is 3. The Hall–Kier alpha value is -2.89. The monoisotopic (exact) mass is 296 g/mol. The summed E-state index contributed by atoms with van der Waals surface area (Å²) >= 11 is 0. The van der Waals surface area contributed by atoms with Crippen molar-refractivity contribution in [2.24, 2.45) is 0 Å². The second-order valence-corrected chi connectivity index (χ2v) is 4.90. The Bertz CT molecular complexity index is 770. The Morgan fingerprint density at radius 3 is 2.77 bits per heavy atom. The van der Waals surface area contributed by atoms with Crippen molar-refractivity contribution in [1.82, 2.24) is 19.9 Å². The Kier molecular flexibility index (Phi) is 4.00. The summed E-state index contributed by atoms with van der Waals surface area (Å²) < 4.78 is 7.12. The van der Waals surface area contributed by atoms with Gasteiger partial charge in [-0.15, -0.1) is 5.10 Å². The molecule has 0 aliphatic heterocycles. The third-order valence-corrected chi connectivity index (χ3v) is 3.29. The van der Waals surface area contributed by atoms with E-state index >= 15 is 0 Å². The lowest BCUT2D eigenvalue weighted by Crippen LogP contribution is -2.31. The van der Waals surface area contributed by atoms with Gasteiger partial charge >= 0.3 is 6.01 Å². The van der Waals surface area contributed by atoms with E-state index in [9.17, 15) is 4.79 Å². The van der Waals surface area contributed by atoms with Gasteiger partial charge in [-0.2, -0.15) is 0 Å². The van der Waals surface area contributed by atoms with E-state index in [-0.39, 0.29) is 18.6 Å². The van der Waals surface area contributed by atoms with Gasteiger partial charge in [0.15, 0.2) is 12.3 Å². The summed E-state index contributed by atoms with van der Waals surface area (Å²) in [5.74, 6) is -0.205. The van der Waals surface area contributed by atoms with Gasteiger partial charge in [-0.1, -0.05) is 41.5 Å². The summed E-state index contributed by atoms with van der Waals surface area (Å²) in [6, 6.07) is 15.5. The molecule has 1 aromatic carbocycles. The van der Waals surface area contributed by atoms with E-state index in [4.69, 9.17) is 4.74 Å². The molecule has 0 radical (unpaired) electrons. The summed E-state index contributed by atoms with van der Waals surface area (Å²) in [6.07, 6.45) is 1.79. The van der Waals surface area contributed by atoms with Gasteiger partial charge in [0.2, 0.25) is 0 Å². The highest BCUT2D eigenvalue weighted by Gasteiger charge is 2.12. The first-order chi connectivity index (χ1) is 10.7. The maximum Gasteiger partial charge on any atom is 0.322 e. The number of hydrogen-bond donors (Lipinski definition) is 1. The number of rotatable bonds is 5. The molecule has 6 nitrogen and oxygen atoms in total. The van der Waals surface area contributed by atoms with Crippen LogP contribution in [0.4, 0.5) is 0 Å². The fourth-order valence-electron chi connectivity index (χ4n) is 2.16. The molecule has 1 atom stereocenters. The van der Waals surface area contributed by atoms with Crippen molar-refractivity contribution >= 4 is 11.6 Å².